The van der Waals surface area contributed by atoms with Crippen molar-refractivity contribution >= 4 is 0 Å². The van der Waals surface area contributed by atoms with Gasteiger partial charge in [0.25, 0.3) is 0 Å². The fourth-order valence-electron chi connectivity index (χ4n) is 2.79. The van der Waals surface area contributed by atoms with Crippen LogP contribution in [0.15, 0.2) is 4.52 Å². The molecule has 0 amide bonds. The van der Waals surface area contributed by atoms with Gasteiger partial charge in [0.05, 0.1) is 5.54 Å². The minimum atomic E-state index is -4.62. The van der Waals surface area contributed by atoms with Crippen LogP contribution in [0.3, 0.4) is 0 Å². The van der Waals surface area contributed by atoms with Crippen LogP contribution in [-0.4, -0.2) is 34.1 Å². The van der Waals surface area contributed by atoms with Crippen LogP contribution < -0.4 is 5.32 Å². The average Bonchev–Trinajstić information content (AvgIpc) is 2.97. The van der Waals surface area contributed by atoms with Crippen LogP contribution in [0.5, 0.6) is 0 Å². The Morgan fingerprint density at radius 2 is 2.00 bits per heavy atom. The minimum Gasteiger partial charge on any atom is -0.382 e. The second-order valence-electron chi connectivity index (χ2n) is 5.96. The molecule has 118 valence electrons. The van der Waals surface area contributed by atoms with Crippen molar-refractivity contribution in [3.05, 3.63) is 11.7 Å². The van der Waals surface area contributed by atoms with Gasteiger partial charge in [-0.25, -0.2) is 0 Å². The summed E-state index contributed by atoms with van der Waals surface area (Å²) in [6.45, 7) is -0.559. The lowest BCUT2D eigenvalue weighted by Crippen LogP contribution is -2.48. The number of aliphatic hydroxyl groups is 1. The molecule has 3 rings (SSSR count). The van der Waals surface area contributed by atoms with Gasteiger partial charge in [-0.05, 0) is 25.7 Å². The standard InChI is InChI=1S/C13H18F3N3O2/c14-13(15,16)9(20)7-17-12(5-1-2-6-12)11-18-10(21-19-11)8-3-4-8/h8-9,17,20H,1-7H2. The Labute approximate surface area is 119 Å². The SMILES string of the molecule is OC(CNC1(c2noc(C3CC3)n2)CCCC1)C(F)(F)F. The number of hydrogen-bond acceptors (Lipinski definition) is 5. The van der Waals surface area contributed by atoms with E-state index in [1.807, 2.05) is 0 Å². The van der Waals surface area contributed by atoms with Gasteiger partial charge in [0, 0.05) is 12.5 Å². The second-order valence-corrected chi connectivity index (χ2v) is 5.96. The lowest BCUT2D eigenvalue weighted by atomic mass is 9.96. The molecule has 0 spiro atoms. The predicted molar refractivity (Wildman–Crippen MR) is 66.5 cm³/mol. The third kappa shape index (κ3) is 3.06. The maximum atomic E-state index is 12.4. The second kappa shape index (κ2) is 5.24. The van der Waals surface area contributed by atoms with Gasteiger partial charge in [0.15, 0.2) is 11.9 Å². The first kappa shape index (κ1) is 14.8. The maximum absolute atomic E-state index is 12.4. The van der Waals surface area contributed by atoms with E-state index in [2.05, 4.69) is 15.5 Å². The van der Waals surface area contributed by atoms with Crippen LogP contribution in [0.4, 0.5) is 13.2 Å². The Balaban J connectivity index is 1.72. The Hall–Kier alpha value is -1.15. The quantitative estimate of drug-likeness (QED) is 0.873. The van der Waals surface area contributed by atoms with Gasteiger partial charge in [-0.15, -0.1) is 0 Å². The maximum Gasteiger partial charge on any atom is 0.415 e. The molecule has 2 aliphatic rings. The van der Waals surface area contributed by atoms with Crippen molar-refractivity contribution in [2.24, 2.45) is 0 Å². The highest BCUT2D eigenvalue weighted by molar-refractivity contribution is 5.11. The van der Waals surface area contributed by atoms with Gasteiger partial charge in [0.1, 0.15) is 0 Å². The summed E-state index contributed by atoms with van der Waals surface area (Å²) in [6.07, 6.45) is -1.87. The smallest absolute Gasteiger partial charge is 0.382 e. The molecule has 8 heteroatoms. The van der Waals surface area contributed by atoms with E-state index in [0.717, 1.165) is 25.7 Å². The van der Waals surface area contributed by atoms with Crippen LogP contribution in [0.25, 0.3) is 0 Å². The minimum absolute atomic E-state index is 0.311. The normalized spacial score (nSPS) is 23.4. The Bertz CT molecular complexity index is 493. The van der Waals surface area contributed by atoms with E-state index >= 15 is 0 Å². The van der Waals surface area contributed by atoms with Crippen LogP contribution in [0.2, 0.25) is 0 Å². The summed E-state index contributed by atoms with van der Waals surface area (Å²) in [4.78, 5) is 4.36. The molecule has 2 fully saturated rings. The number of hydrogen-bond donors (Lipinski definition) is 2. The van der Waals surface area contributed by atoms with Gasteiger partial charge in [-0.1, -0.05) is 18.0 Å². The summed E-state index contributed by atoms with van der Waals surface area (Å²) in [5, 5.41) is 16.0. The van der Waals surface area contributed by atoms with Crippen LogP contribution in [0.1, 0.15) is 56.2 Å². The monoisotopic (exact) mass is 305 g/mol. The van der Waals surface area contributed by atoms with E-state index in [4.69, 9.17) is 9.63 Å². The molecule has 0 aromatic carbocycles. The van der Waals surface area contributed by atoms with Crippen LogP contribution in [0, 0.1) is 0 Å². The molecule has 1 unspecified atom stereocenters. The highest BCUT2D eigenvalue weighted by atomic mass is 19.4. The summed E-state index contributed by atoms with van der Waals surface area (Å²) in [7, 11) is 0. The third-order valence-electron chi connectivity index (χ3n) is 4.27. The van der Waals surface area contributed by atoms with Gasteiger partial charge in [-0.2, -0.15) is 18.2 Å². The Morgan fingerprint density at radius 1 is 1.33 bits per heavy atom. The lowest BCUT2D eigenvalue weighted by molar-refractivity contribution is -0.203. The fourth-order valence-corrected chi connectivity index (χ4v) is 2.79. The number of nitrogens with zero attached hydrogens (tertiary/aromatic N) is 2. The zero-order valence-electron chi connectivity index (χ0n) is 11.5. The molecule has 1 aromatic heterocycles. The molecule has 2 saturated carbocycles. The summed E-state index contributed by atoms with van der Waals surface area (Å²) in [5.41, 5.74) is -0.705. The van der Waals surface area contributed by atoms with E-state index < -0.39 is 24.4 Å². The number of aromatic nitrogens is 2. The van der Waals surface area contributed by atoms with Gasteiger partial charge < -0.3 is 14.9 Å². The molecule has 2 aliphatic carbocycles. The van der Waals surface area contributed by atoms with Gasteiger partial charge in [-0.3, -0.25) is 0 Å². The molecular weight excluding hydrogens is 287 g/mol. The average molecular weight is 305 g/mol. The topological polar surface area (TPSA) is 71.2 Å². The summed E-state index contributed by atoms with van der Waals surface area (Å²) in [6, 6.07) is 0. The van der Waals surface area contributed by atoms with Crippen molar-refractivity contribution < 1.29 is 22.8 Å². The molecule has 1 heterocycles. The Morgan fingerprint density at radius 3 is 2.57 bits per heavy atom. The molecule has 5 nitrogen and oxygen atoms in total. The summed E-state index contributed by atoms with van der Waals surface area (Å²) < 4.78 is 42.5. The lowest BCUT2D eigenvalue weighted by Gasteiger charge is -2.28. The largest absolute Gasteiger partial charge is 0.415 e. The molecule has 0 saturated heterocycles. The zero-order chi connectivity index (χ0) is 15.1. The summed E-state index contributed by atoms with van der Waals surface area (Å²) >= 11 is 0. The van der Waals surface area contributed by atoms with E-state index in [1.54, 1.807) is 0 Å². The molecule has 1 atom stereocenters. The van der Waals surface area contributed by atoms with Gasteiger partial charge in [0.2, 0.25) is 5.89 Å². The number of nitrogens with one attached hydrogen (secondary N) is 1. The van der Waals surface area contributed by atoms with E-state index in [-0.39, 0.29) is 0 Å². The van der Waals surface area contributed by atoms with Crippen molar-refractivity contribution in [2.45, 2.75) is 62.3 Å². The first-order valence-corrected chi connectivity index (χ1v) is 7.25. The number of aliphatic hydroxyl groups excluding tert-OH is 1. The van der Waals surface area contributed by atoms with E-state index in [9.17, 15) is 13.2 Å². The molecule has 0 bridgehead atoms. The van der Waals surface area contributed by atoms with Crippen molar-refractivity contribution in [1.29, 1.82) is 0 Å². The van der Waals surface area contributed by atoms with Crippen LogP contribution in [-0.2, 0) is 5.54 Å². The molecule has 0 aliphatic heterocycles. The highest BCUT2D eigenvalue weighted by Crippen LogP contribution is 2.42. The summed E-state index contributed by atoms with van der Waals surface area (Å²) in [5.74, 6) is 1.32. The molecule has 1 aromatic rings. The third-order valence-corrected chi connectivity index (χ3v) is 4.27. The molecule has 2 N–H and O–H groups in total. The van der Waals surface area contributed by atoms with Crippen LogP contribution >= 0.6 is 0 Å². The number of rotatable bonds is 5. The molecular formula is C13H18F3N3O2. The van der Waals surface area contributed by atoms with Crippen molar-refractivity contribution in [2.75, 3.05) is 6.54 Å². The molecule has 0 radical (unpaired) electrons. The van der Waals surface area contributed by atoms with E-state index in [0.29, 0.717) is 30.5 Å². The molecule has 21 heavy (non-hydrogen) atoms. The van der Waals surface area contributed by atoms with Gasteiger partial charge >= 0.3 is 6.18 Å². The predicted octanol–water partition coefficient (Wildman–Crippen LogP) is 2.23. The Kier molecular flexibility index (Phi) is 3.69. The highest BCUT2D eigenvalue weighted by Gasteiger charge is 2.44. The van der Waals surface area contributed by atoms with E-state index in [1.165, 1.54) is 0 Å². The number of halogens is 3. The fraction of sp³-hybridized carbons (Fsp3) is 0.846. The first-order valence-electron chi connectivity index (χ1n) is 7.25. The zero-order valence-corrected chi connectivity index (χ0v) is 11.5. The van der Waals surface area contributed by atoms with Crippen molar-refractivity contribution in [1.82, 2.24) is 15.5 Å². The van der Waals surface area contributed by atoms with Crippen molar-refractivity contribution in [3.8, 4) is 0 Å². The number of alkyl halides is 3. The first-order chi connectivity index (χ1) is 9.91. The van der Waals surface area contributed by atoms with Crippen molar-refractivity contribution in [3.63, 3.8) is 0 Å².